The first-order valence-corrected chi connectivity index (χ1v) is 6.74. The van der Waals surface area contributed by atoms with Crippen LogP contribution in [0.2, 0.25) is 0 Å². The highest BCUT2D eigenvalue weighted by Crippen LogP contribution is 2.42. The molecule has 7 nitrogen and oxygen atoms in total. The van der Waals surface area contributed by atoms with Gasteiger partial charge in [0, 0.05) is 10.9 Å². The first-order chi connectivity index (χ1) is 9.90. The third kappa shape index (κ3) is 3.18. The maximum atomic E-state index is 11.3. The second-order valence-electron chi connectivity index (χ2n) is 4.22. The Morgan fingerprint density at radius 3 is 2.71 bits per heavy atom. The van der Waals surface area contributed by atoms with E-state index < -0.39 is 16.9 Å². The summed E-state index contributed by atoms with van der Waals surface area (Å²) >= 11 is 0.945. The number of thiophene rings is 1. The van der Waals surface area contributed by atoms with E-state index in [0.717, 1.165) is 11.3 Å². The minimum atomic E-state index is -0.850. The second kappa shape index (κ2) is 5.90. The molecule has 21 heavy (non-hydrogen) atoms. The molecule has 0 aliphatic rings. The molecule has 8 heteroatoms. The average molecular weight is 308 g/mol. The molecule has 1 amide bonds. The first kappa shape index (κ1) is 14.9. The van der Waals surface area contributed by atoms with Gasteiger partial charge in [-0.15, -0.1) is 0 Å². The van der Waals surface area contributed by atoms with Crippen LogP contribution in [0.5, 0.6) is 10.8 Å². The zero-order chi connectivity index (χ0) is 15.6. The summed E-state index contributed by atoms with van der Waals surface area (Å²) in [4.78, 5) is 22.1. The van der Waals surface area contributed by atoms with E-state index in [9.17, 15) is 20.0 Å². The molecular weight excluding hydrogens is 296 g/mol. The number of primary amides is 1. The van der Waals surface area contributed by atoms with Gasteiger partial charge in [0.2, 0.25) is 0 Å². The van der Waals surface area contributed by atoms with Crippen molar-refractivity contribution in [2.45, 2.75) is 13.0 Å². The van der Waals surface area contributed by atoms with Crippen molar-refractivity contribution in [3.05, 3.63) is 50.9 Å². The summed E-state index contributed by atoms with van der Waals surface area (Å²) in [5.41, 5.74) is 5.09. The fourth-order valence-corrected chi connectivity index (χ4v) is 2.57. The monoisotopic (exact) mass is 308 g/mol. The lowest BCUT2D eigenvalue weighted by Crippen LogP contribution is -2.11. The zero-order valence-electron chi connectivity index (χ0n) is 11.0. The number of ether oxygens (including phenoxy) is 1. The predicted octanol–water partition coefficient (Wildman–Crippen LogP) is 2.60. The van der Waals surface area contributed by atoms with Gasteiger partial charge in [0.25, 0.3) is 11.0 Å². The molecule has 1 atom stereocenters. The SMILES string of the molecule is C[C@H](O)c1cc([N+](=O)[O-])c(Oc2ccccc2C(N)=O)s1. The topological polar surface area (TPSA) is 116 Å². The molecule has 2 aromatic rings. The maximum absolute atomic E-state index is 11.3. The summed E-state index contributed by atoms with van der Waals surface area (Å²) in [5, 5.41) is 20.5. The molecule has 1 heterocycles. The summed E-state index contributed by atoms with van der Waals surface area (Å²) in [7, 11) is 0. The van der Waals surface area contributed by atoms with Crippen LogP contribution >= 0.6 is 11.3 Å². The highest BCUT2D eigenvalue weighted by molar-refractivity contribution is 7.14. The predicted molar refractivity (Wildman–Crippen MR) is 76.6 cm³/mol. The Balaban J connectivity index is 2.44. The molecule has 3 N–H and O–H groups in total. The minimum absolute atomic E-state index is 0.00963. The highest BCUT2D eigenvalue weighted by atomic mass is 32.1. The van der Waals surface area contributed by atoms with Gasteiger partial charge < -0.3 is 15.6 Å². The number of rotatable bonds is 5. The third-order valence-electron chi connectivity index (χ3n) is 2.66. The number of nitro groups is 1. The molecule has 1 aromatic heterocycles. The highest BCUT2D eigenvalue weighted by Gasteiger charge is 2.24. The Morgan fingerprint density at radius 2 is 2.14 bits per heavy atom. The molecule has 0 saturated heterocycles. The normalized spacial score (nSPS) is 11.9. The smallest absolute Gasteiger partial charge is 0.323 e. The first-order valence-electron chi connectivity index (χ1n) is 5.93. The molecule has 0 spiro atoms. The van der Waals surface area contributed by atoms with E-state index in [-0.39, 0.29) is 22.1 Å². The van der Waals surface area contributed by atoms with Crippen LogP contribution in [0.3, 0.4) is 0 Å². The summed E-state index contributed by atoms with van der Waals surface area (Å²) < 4.78 is 5.46. The third-order valence-corrected chi connectivity index (χ3v) is 3.83. The molecule has 0 unspecified atom stereocenters. The van der Waals surface area contributed by atoms with Crippen LogP contribution in [0.15, 0.2) is 30.3 Å². The molecule has 0 saturated carbocycles. The number of hydrogen-bond acceptors (Lipinski definition) is 6. The van der Waals surface area contributed by atoms with E-state index in [0.29, 0.717) is 4.88 Å². The number of nitrogens with zero attached hydrogens (tertiary/aromatic N) is 1. The lowest BCUT2D eigenvalue weighted by Gasteiger charge is -2.06. The van der Waals surface area contributed by atoms with E-state index in [1.165, 1.54) is 25.1 Å². The number of aliphatic hydroxyl groups is 1. The molecular formula is C13H12N2O5S. The minimum Gasteiger partial charge on any atom is -0.439 e. The van der Waals surface area contributed by atoms with Crippen molar-refractivity contribution in [1.82, 2.24) is 0 Å². The molecule has 0 aliphatic heterocycles. The summed E-state index contributed by atoms with van der Waals surface area (Å²) in [6.07, 6.45) is -0.850. The molecule has 2 rings (SSSR count). The van der Waals surface area contributed by atoms with Crippen molar-refractivity contribution in [3.8, 4) is 10.8 Å². The van der Waals surface area contributed by atoms with Crippen molar-refractivity contribution in [1.29, 1.82) is 0 Å². The van der Waals surface area contributed by atoms with E-state index in [2.05, 4.69) is 0 Å². The standard InChI is InChI=1S/C13H12N2O5S/c1-7(16)11-6-9(15(18)19)13(21-11)20-10-5-3-2-4-8(10)12(14)17/h2-7,16H,1H3,(H2,14,17)/t7-/m0/s1. The zero-order valence-corrected chi connectivity index (χ0v) is 11.8. The van der Waals surface area contributed by atoms with Crippen LogP contribution in [-0.4, -0.2) is 15.9 Å². The van der Waals surface area contributed by atoms with Crippen molar-refractivity contribution in [2.24, 2.45) is 5.73 Å². The summed E-state index contributed by atoms with van der Waals surface area (Å²) in [6, 6.07) is 7.43. The number of carbonyl (C=O) groups is 1. The van der Waals surface area contributed by atoms with E-state index in [4.69, 9.17) is 10.5 Å². The van der Waals surface area contributed by atoms with Gasteiger partial charge in [-0.1, -0.05) is 23.5 Å². The fraction of sp³-hybridized carbons (Fsp3) is 0.154. The van der Waals surface area contributed by atoms with Gasteiger partial charge in [-0.25, -0.2) is 0 Å². The van der Waals surface area contributed by atoms with Gasteiger partial charge in [0.05, 0.1) is 16.6 Å². The number of hydrogen-bond donors (Lipinski definition) is 2. The van der Waals surface area contributed by atoms with E-state index in [1.54, 1.807) is 12.1 Å². The van der Waals surface area contributed by atoms with Gasteiger partial charge in [-0.3, -0.25) is 14.9 Å². The van der Waals surface area contributed by atoms with Crippen LogP contribution < -0.4 is 10.5 Å². The van der Waals surface area contributed by atoms with Gasteiger partial charge in [-0.05, 0) is 19.1 Å². The lowest BCUT2D eigenvalue weighted by molar-refractivity contribution is -0.385. The molecule has 0 bridgehead atoms. The van der Waals surface area contributed by atoms with Gasteiger partial charge >= 0.3 is 5.69 Å². The van der Waals surface area contributed by atoms with Crippen molar-refractivity contribution < 1.29 is 19.6 Å². The number of amides is 1. The van der Waals surface area contributed by atoms with Gasteiger partial charge in [-0.2, -0.15) is 0 Å². The number of nitrogens with two attached hydrogens (primary N) is 1. The largest absolute Gasteiger partial charge is 0.439 e. The number of carbonyl (C=O) groups excluding carboxylic acids is 1. The molecule has 0 fully saturated rings. The Hall–Kier alpha value is -2.45. The van der Waals surface area contributed by atoms with Crippen molar-refractivity contribution in [3.63, 3.8) is 0 Å². The quantitative estimate of drug-likeness (QED) is 0.650. The average Bonchev–Trinajstić information content (AvgIpc) is 2.83. The summed E-state index contributed by atoms with van der Waals surface area (Å²) in [6.45, 7) is 1.50. The van der Waals surface area contributed by atoms with Crippen LogP contribution in [-0.2, 0) is 0 Å². The van der Waals surface area contributed by atoms with Crippen LogP contribution in [0, 0.1) is 10.1 Å². The Labute approximate surface area is 123 Å². The second-order valence-corrected chi connectivity index (χ2v) is 5.26. The van der Waals surface area contributed by atoms with Crippen molar-refractivity contribution >= 4 is 22.9 Å². The molecule has 1 aromatic carbocycles. The Morgan fingerprint density at radius 1 is 1.48 bits per heavy atom. The number of para-hydroxylation sites is 1. The van der Waals surface area contributed by atoms with E-state index in [1.807, 2.05) is 0 Å². The molecule has 110 valence electrons. The lowest BCUT2D eigenvalue weighted by atomic mass is 10.2. The Kier molecular flexibility index (Phi) is 4.20. The number of benzene rings is 1. The molecule has 0 aliphatic carbocycles. The van der Waals surface area contributed by atoms with Crippen molar-refractivity contribution in [2.75, 3.05) is 0 Å². The van der Waals surface area contributed by atoms with Gasteiger partial charge in [0.15, 0.2) is 0 Å². The van der Waals surface area contributed by atoms with Crippen LogP contribution in [0.1, 0.15) is 28.3 Å². The maximum Gasteiger partial charge on any atom is 0.323 e. The van der Waals surface area contributed by atoms with Crippen LogP contribution in [0.4, 0.5) is 5.69 Å². The van der Waals surface area contributed by atoms with Crippen LogP contribution in [0.25, 0.3) is 0 Å². The molecule has 0 radical (unpaired) electrons. The van der Waals surface area contributed by atoms with Gasteiger partial charge in [0.1, 0.15) is 5.75 Å². The summed E-state index contributed by atoms with van der Waals surface area (Å²) in [5.74, 6) is -0.562. The fourth-order valence-electron chi connectivity index (χ4n) is 1.65. The Bertz CT molecular complexity index is 696. The number of aliphatic hydroxyl groups excluding tert-OH is 1. The van der Waals surface area contributed by atoms with E-state index >= 15 is 0 Å².